The molecular weight excluding hydrogens is 230 g/mol. The maximum absolute atomic E-state index is 10.2. The molecule has 0 radical (unpaired) electrons. The van der Waals surface area contributed by atoms with Gasteiger partial charge in [-0.15, -0.1) is 11.3 Å². The number of benzene rings is 1. The Bertz CT molecular complexity index is 443. The number of para-hydroxylation sites is 1. The average molecular weight is 249 g/mol. The molecule has 0 aliphatic heterocycles. The summed E-state index contributed by atoms with van der Waals surface area (Å²) >= 11 is 1.69. The molecule has 17 heavy (non-hydrogen) atoms. The molecule has 0 saturated carbocycles. The van der Waals surface area contributed by atoms with Gasteiger partial charge in [-0.05, 0) is 18.1 Å². The predicted octanol–water partition coefficient (Wildman–Crippen LogP) is 3.64. The summed E-state index contributed by atoms with van der Waals surface area (Å²) in [6, 6.07) is 8.14. The molecule has 2 aromatic rings. The zero-order chi connectivity index (χ0) is 12.3. The molecule has 0 aliphatic carbocycles. The Kier molecular flexibility index (Phi) is 4.13. The van der Waals surface area contributed by atoms with Crippen LogP contribution in [0.2, 0.25) is 0 Å². The van der Waals surface area contributed by atoms with E-state index in [0.717, 1.165) is 23.4 Å². The van der Waals surface area contributed by atoms with Gasteiger partial charge in [0.1, 0.15) is 0 Å². The maximum Gasteiger partial charge on any atom is 0.0964 e. The summed E-state index contributed by atoms with van der Waals surface area (Å²) in [7, 11) is 0. The number of thiazole rings is 1. The highest BCUT2D eigenvalue weighted by Gasteiger charge is 2.17. The topological polar surface area (TPSA) is 33.1 Å². The summed E-state index contributed by atoms with van der Waals surface area (Å²) in [4.78, 5) is 4.56. The number of hydrogen-bond donors (Lipinski definition) is 1. The second kappa shape index (κ2) is 5.61. The number of aliphatic hydroxyl groups excluding tert-OH is 1. The second-order valence-corrected chi connectivity index (χ2v) is 5.54. The minimum atomic E-state index is -0.259. The third-order valence-corrected chi connectivity index (χ3v) is 4.37. The van der Waals surface area contributed by atoms with Gasteiger partial charge in [-0.3, -0.25) is 0 Å². The molecular formula is C14H19NOS. The number of hydrogen-bond acceptors (Lipinski definition) is 3. The van der Waals surface area contributed by atoms with Crippen LogP contribution in [-0.4, -0.2) is 16.2 Å². The van der Waals surface area contributed by atoms with Gasteiger partial charge in [-0.1, -0.05) is 38.8 Å². The van der Waals surface area contributed by atoms with Crippen molar-refractivity contribution in [3.8, 4) is 0 Å². The highest BCUT2D eigenvalue weighted by molar-refractivity contribution is 7.18. The second-order valence-electron chi connectivity index (χ2n) is 4.42. The first-order valence-electron chi connectivity index (χ1n) is 6.27. The van der Waals surface area contributed by atoms with Crippen molar-refractivity contribution >= 4 is 21.6 Å². The first-order chi connectivity index (χ1) is 8.24. The molecule has 0 fully saturated rings. The third-order valence-electron chi connectivity index (χ3n) is 3.31. The molecule has 0 spiro atoms. The van der Waals surface area contributed by atoms with E-state index in [0.29, 0.717) is 12.3 Å². The number of fused-ring (bicyclic) bond motifs is 1. The van der Waals surface area contributed by atoms with E-state index in [9.17, 15) is 5.11 Å². The molecule has 0 bridgehead atoms. The highest BCUT2D eigenvalue weighted by atomic mass is 32.1. The molecule has 1 aromatic heterocycles. The number of rotatable bonds is 5. The molecule has 1 atom stereocenters. The predicted molar refractivity (Wildman–Crippen MR) is 73.4 cm³/mol. The Labute approximate surface area is 106 Å². The molecule has 1 unspecified atom stereocenters. The molecule has 0 aliphatic rings. The van der Waals surface area contributed by atoms with Crippen LogP contribution >= 0.6 is 11.3 Å². The van der Waals surface area contributed by atoms with Crippen LogP contribution in [0.4, 0.5) is 0 Å². The lowest BCUT2D eigenvalue weighted by Gasteiger charge is -2.18. The van der Waals surface area contributed by atoms with Crippen LogP contribution in [0, 0.1) is 5.92 Å². The summed E-state index contributed by atoms with van der Waals surface area (Å²) in [5, 5.41) is 11.2. The summed E-state index contributed by atoms with van der Waals surface area (Å²) in [5.74, 6) is 0.391. The van der Waals surface area contributed by atoms with Gasteiger partial charge >= 0.3 is 0 Å². The quantitative estimate of drug-likeness (QED) is 0.877. The Morgan fingerprint density at radius 3 is 2.59 bits per heavy atom. The van der Waals surface area contributed by atoms with E-state index in [-0.39, 0.29) is 6.10 Å². The average Bonchev–Trinajstić information content (AvgIpc) is 2.72. The Morgan fingerprint density at radius 2 is 1.94 bits per heavy atom. The smallest absolute Gasteiger partial charge is 0.0964 e. The van der Waals surface area contributed by atoms with E-state index in [2.05, 4.69) is 24.9 Å². The Balaban J connectivity index is 2.12. The van der Waals surface area contributed by atoms with Crippen LogP contribution in [0.3, 0.4) is 0 Å². The van der Waals surface area contributed by atoms with Gasteiger partial charge in [-0.25, -0.2) is 4.98 Å². The first-order valence-corrected chi connectivity index (χ1v) is 7.08. The molecule has 2 nitrogen and oxygen atoms in total. The van der Waals surface area contributed by atoms with E-state index in [1.807, 2.05) is 18.2 Å². The van der Waals surface area contributed by atoms with Crippen molar-refractivity contribution in [2.45, 2.75) is 39.2 Å². The zero-order valence-corrected chi connectivity index (χ0v) is 11.2. The van der Waals surface area contributed by atoms with E-state index >= 15 is 0 Å². The molecule has 2 rings (SSSR count). The Hall–Kier alpha value is -0.930. The maximum atomic E-state index is 10.2. The lowest BCUT2D eigenvalue weighted by atomic mass is 9.95. The van der Waals surface area contributed by atoms with Gasteiger partial charge in [0, 0.05) is 6.42 Å². The van der Waals surface area contributed by atoms with Gasteiger partial charge in [-0.2, -0.15) is 0 Å². The highest BCUT2D eigenvalue weighted by Crippen LogP contribution is 2.24. The molecule has 1 N–H and O–H groups in total. The zero-order valence-electron chi connectivity index (χ0n) is 10.4. The fraction of sp³-hybridized carbons (Fsp3) is 0.500. The lowest BCUT2D eigenvalue weighted by Crippen LogP contribution is -2.21. The standard InChI is InChI=1S/C14H19NOS/c1-3-10(4-2)12(16)9-14-15-11-7-5-6-8-13(11)17-14/h5-8,10,12,16H,3-4,9H2,1-2H3. The van der Waals surface area contributed by atoms with E-state index in [4.69, 9.17) is 0 Å². The fourth-order valence-corrected chi connectivity index (χ4v) is 3.20. The largest absolute Gasteiger partial charge is 0.392 e. The SMILES string of the molecule is CCC(CC)C(O)Cc1nc2ccccc2s1. The van der Waals surface area contributed by atoms with Gasteiger partial charge in [0.2, 0.25) is 0 Å². The first kappa shape index (κ1) is 12.5. The number of aromatic nitrogens is 1. The van der Waals surface area contributed by atoms with Crippen molar-refractivity contribution < 1.29 is 5.11 Å². The van der Waals surface area contributed by atoms with E-state index in [1.165, 1.54) is 4.70 Å². The molecule has 0 saturated heterocycles. The number of nitrogens with zero attached hydrogens (tertiary/aromatic N) is 1. The lowest BCUT2D eigenvalue weighted by molar-refractivity contribution is 0.103. The van der Waals surface area contributed by atoms with Crippen LogP contribution in [-0.2, 0) is 6.42 Å². The monoisotopic (exact) mass is 249 g/mol. The van der Waals surface area contributed by atoms with Crippen molar-refractivity contribution in [2.75, 3.05) is 0 Å². The minimum Gasteiger partial charge on any atom is -0.392 e. The summed E-state index contributed by atoms with van der Waals surface area (Å²) in [6.07, 6.45) is 2.49. The van der Waals surface area contributed by atoms with Crippen LogP contribution in [0.5, 0.6) is 0 Å². The fourth-order valence-electron chi connectivity index (χ4n) is 2.19. The van der Waals surface area contributed by atoms with E-state index in [1.54, 1.807) is 11.3 Å². The van der Waals surface area contributed by atoms with Gasteiger partial charge in [0.25, 0.3) is 0 Å². The van der Waals surface area contributed by atoms with Crippen molar-refractivity contribution in [2.24, 2.45) is 5.92 Å². The van der Waals surface area contributed by atoms with Crippen molar-refractivity contribution in [1.29, 1.82) is 0 Å². The van der Waals surface area contributed by atoms with Gasteiger partial charge in [0.15, 0.2) is 0 Å². The van der Waals surface area contributed by atoms with Crippen LogP contribution in [0.25, 0.3) is 10.2 Å². The molecule has 92 valence electrons. The van der Waals surface area contributed by atoms with Crippen molar-refractivity contribution in [3.05, 3.63) is 29.3 Å². The summed E-state index contributed by atoms with van der Waals surface area (Å²) in [5.41, 5.74) is 1.05. The molecule has 1 heterocycles. The molecule has 3 heteroatoms. The normalized spacial score (nSPS) is 13.4. The Morgan fingerprint density at radius 1 is 1.24 bits per heavy atom. The number of aliphatic hydroxyl groups is 1. The van der Waals surface area contributed by atoms with Gasteiger partial charge < -0.3 is 5.11 Å². The summed E-state index contributed by atoms with van der Waals surface area (Å²) < 4.78 is 1.21. The van der Waals surface area contributed by atoms with Crippen molar-refractivity contribution in [1.82, 2.24) is 4.98 Å². The minimum absolute atomic E-state index is 0.259. The van der Waals surface area contributed by atoms with Crippen LogP contribution in [0.1, 0.15) is 31.7 Å². The third kappa shape index (κ3) is 2.85. The van der Waals surface area contributed by atoms with Crippen molar-refractivity contribution in [3.63, 3.8) is 0 Å². The van der Waals surface area contributed by atoms with Gasteiger partial charge in [0.05, 0.1) is 21.3 Å². The molecule has 1 aromatic carbocycles. The summed E-state index contributed by atoms with van der Waals surface area (Å²) in [6.45, 7) is 4.27. The van der Waals surface area contributed by atoms with Crippen LogP contribution in [0.15, 0.2) is 24.3 Å². The molecule has 0 amide bonds. The van der Waals surface area contributed by atoms with E-state index < -0.39 is 0 Å². The van der Waals surface area contributed by atoms with Crippen LogP contribution < -0.4 is 0 Å².